The minimum Gasteiger partial charge on any atom is -0.372 e. The zero-order chi connectivity index (χ0) is 14.4. The van der Waals surface area contributed by atoms with Crippen LogP contribution in [0.25, 0.3) is 12.2 Å². The van der Waals surface area contributed by atoms with Crippen LogP contribution in [0.2, 0.25) is 0 Å². The average molecular weight is 266 g/mol. The normalized spacial score (nSPS) is 10.9. The molecule has 0 radical (unpaired) electrons. The van der Waals surface area contributed by atoms with E-state index < -0.39 is 0 Å². The first-order valence-corrected chi connectivity index (χ1v) is 7.18. The lowest BCUT2D eigenvalue weighted by molar-refractivity contribution is 0.866. The molecule has 0 N–H and O–H groups in total. The fourth-order valence-corrected chi connectivity index (χ4v) is 2.24. The van der Waals surface area contributed by atoms with E-state index in [1.54, 1.807) is 0 Å². The first kappa shape index (κ1) is 14.3. The van der Waals surface area contributed by atoms with Gasteiger partial charge < -0.3 is 4.90 Å². The molecule has 0 atom stereocenters. The molecule has 0 aliphatic rings. The van der Waals surface area contributed by atoms with E-state index in [0.717, 1.165) is 13.1 Å². The van der Waals surface area contributed by atoms with Gasteiger partial charge in [0.05, 0.1) is 0 Å². The third-order valence-corrected chi connectivity index (χ3v) is 3.54. The number of anilines is 1. The molecule has 0 spiro atoms. The third kappa shape index (κ3) is 3.47. The van der Waals surface area contributed by atoms with Gasteiger partial charge in [0.2, 0.25) is 0 Å². The average Bonchev–Trinajstić information content (AvgIpc) is 2.49. The van der Waals surface area contributed by atoms with E-state index in [1.807, 2.05) is 18.5 Å². The molecule has 1 heterocycles. The maximum atomic E-state index is 4.11. The van der Waals surface area contributed by atoms with Crippen molar-refractivity contribution in [2.75, 3.05) is 18.0 Å². The highest BCUT2D eigenvalue weighted by Crippen LogP contribution is 2.17. The fourth-order valence-electron chi connectivity index (χ4n) is 2.24. The second-order valence-electron chi connectivity index (χ2n) is 4.83. The lowest BCUT2D eigenvalue weighted by atomic mass is 10.1. The molecule has 2 heteroatoms. The Labute approximate surface area is 121 Å². The molecule has 0 saturated heterocycles. The molecular formula is C18H22N2. The van der Waals surface area contributed by atoms with Crippen LogP contribution in [0.15, 0.2) is 42.7 Å². The van der Waals surface area contributed by atoms with Gasteiger partial charge in [0.25, 0.3) is 0 Å². The Hall–Kier alpha value is -2.09. The van der Waals surface area contributed by atoms with Crippen LogP contribution in [0.3, 0.4) is 0 Å². The number of benzene rings is 1. The summed E-state index contributed by atoms with van der Waals surface area (Å²) in [5.41, 5.74) is 4.92. The first-order chi connectivity index (χ1) is 9.74. The van der Waals surface area contributed by atoms with Crippen molar-refractivity contribution in [3.8, 4) is 0 Å². The van der Waals surface area contributed by atoms with Gasteiger partial charge in [-0.15, -0.1) is 0 Å². The van der Waals surface area contributed by atoms with Crippen molar-refractivity contribution in [2.45, 2.75) is 20.8 Å². The van der Waals surface area contributed by atoms with Gasteiger partial charge in [-0.3, -0.25) is 4.98 Å². The van der Waals surface area contributed by atoms with Crippen molar-refractivity contribution in [3.63, 3.8) is 0 Å². The van der Waals surface area contributed by atoms with Gasteiger partial charge in [0, 0.05) is 31.2 Å². The van der Waals surface area contributed by atoms with Gasteiger partial charge in [-0.05, 0) is 55.7 Å². The predicted octanol–water partition coefficient (Wildman–Crippen LogP) is 4.41. The van der Waals surface area contributed by atoms with Crippen LogP contribution in [0.4, 0.5) is 5.69 Å². The third-order valence-electron chi connectivity index (χ3n) is 3.54. The zero-order valence-electron chi connectivity index (χ0n) is 12.5. The minimum atomic E-state index is 1.04. The van der Waals surface area contributed by atoms with Crippen LogP contribution < -0.4 is 4.90 Å². The number of aromatic nitrogens is 1. The summed E-state index contributed by atoms with van der Waals surface area (Å²) in [5, 5.41) is 0. The summed E-state index contributed by atoms with van der Waals surface area (Å²) in [6.45, 7) is 8.53. The smallest absolute Gasteiger partial charge is 0.0366 e. The van der Waals surface area contributed by atoms with Crippen LogP contribution in [-0.4, -0.2) is 18.1 Å². The minimum absolute atomic E-state index is 1.04. The highest BCUT2D eigenvalue weighted by molar-refractivity contribution is 5.71. The van der Waals surface area contributed by atoms with Gasteiger partial charge in [-0.2, -0.15) is 0 Å². The monoisotopic (exact) mass is 266 g/mol. The largest absolute Gasteiger partial charge is 0.372 e. The van der Waals surface area contributed by atoms with E-state index >= 15 is 0 Å². The van der Waals surface area contributed by atoms with Crippen molar-refractivity contribution >= 4 is 17.8 Å². The summed E-state index contributed by atoms with van der Waals surface area (Å²) in [6, 6.07) is 10.7. The van der Waals surface area contributed by atoms with Crippen LogP contribution >= 0.6 is 0 Å². The van der Waals surface area contributed by atoms with Crippen molar-refractivity contribution in [2.24, 2.45) is 0 Å². The summed E-state index contributed by atoms with van der Waals surface area (Å²) in [7, 11) is 0. The molecule has 0 amide bonds. The Balaban J connectivity index is 2.13. The van der Waals surface area contributed by atoms with Crippen LogP contribution in [0.1, 0.15) is 30.5 Å². The van der Waals surface area contributed by atoms with Gasteiger partial charge in [-0.1, -0.05) is 24.3 Å². The molecule has 0 aliphatic carbocycles. The molecule has 2 aromatic rings. The van der Waals surface area contributed by atoms with Crippen molar-refractivity contribution in [1.82, 2.24) is 4.98 Å². The molecule has 0 bridgehead atoms. The molecule has 0 aliphatic heterocycles. The number of rotatable bonds is 5. The fraction of sp³-hybridized carbons (Fsp3) is 0.278. The summed E-state index contributed by atoms with van der Waals surface area (Å²) >= 11 is 0. The summed E-state index contributed by atoms with van der Waals surface area (Å²) in [4.78, 5) is 6.46. The van der Waals surface area contributed by atoms with Gasteiger partial charge in [-0.25, -0.2) is 0 Å². The Morgan fingerprint density at radius 2 is 1.70 bits per heavy atom. The standard InChI is InChI=1S/C18H22N2/c1-4-20(5-2)18-10-7-16(8-11-18)6-9-17-12-13-19-14-15(17)3/h6-14H,4-5H2,1-3H3/b9-6+. The van der Waals surface area contributed by atoms with E-state index in [0.29, 0.717) is 0 Å². The van der Waals surface area contributed by atoms with Crippen molar-refractivity contribution < 1.29 is 0 Å². The van der Waals surface area contributed by atoms with E-state index in [9.17, 15) is 0 Å². The number of hydrogen-bond donors (Lipinski definition) is 0. The lowest BCUT2D eigenvalue weighted by Gasteiger charge is -2.20. The Kier molecular flexibility index (Phi) is 4.94. The van der Waals surface area contributed by atoms with Gasteiger partial charge in [0.15, 0.2) is 0 Å². The molecular weight excluding hydrogens is 244 g/mol. The van der Waals surface area contributed by atoms with Crippen LogP contribution in [0.5, 0.6) is 0 Å². The van der Waals surface area contributed by atoms with Crippen LogP contribution in [0, 0.1) is 6.92 Å². The molecule has 0 unspecified atom stereocenters. The van der Waals surface area contributed by atoms with Crippen molar-refractivity contribution in [1.29, 1.82) is 0 Å². The Morgan fingerprint density at radius 3 is 2.30 bits per heavy atom. The first-order valence-electron chi connectivity index (χ1n) is 7.18. The molecule has 0 fully saturated rings. The number of nitrogens with zero attached hydrogens (tertiary/aromatic N) is 2. The van der Waals surface area contributed by atoms with Gasteiger partial charge >= 0.3 is 0 Å². The van der Waals surface area contributed by atoms with E-state index in [1.165, 1.54) is 22.4 Å². The lowest BCUT2D eigenvalue weighted by Crippen LogP contribution is -2.21. The maximum Gasteiger partial charge on any atom is 0.0366 e. The molecule has 1 aromatic heterocycles. The summed E-state index contributed by atoms with van der Waals surface area (Å²) < 4.78 is 0. The number of aryl methyl sites for hydroxylation is 1. The Bertz CT molecular complexity index is 566. The SMILES string of the molecule is CCN(CC)c1ccc(/C=C/c2ccncc2C)cc1. The molecule has 0 saturated carbocycles. The topological polar surface area (TPSA) is 16.1 Å². The second-order valence-corrected chi connectivity index (χ2v) is 4.83. The summed E-state index contributed by atoms with van der Waals surface area (Å²) in [5.74, 6) is 0. The van der Waals surface area contributed by atoms with Crippen LogP contribution in [-0.2, 0) is 0 Å². The predicted molar refractivity (Wildman–Crippen MR) is 87.9 cm³/mol. The molecule has 20 heavy (non-hydrogen) atoms. The molecule has 2 rings (SSSR count). The molecule has 2 nitrogen and oxygen atoms in total. The molecule has 104 valence electrons. The van der Waals surface area contributed by atoms with E-state index in [4.69, 9.17) is 0 Å². The zero-order valence-corrected chi connectivity index (χ0v) is 12.5. The highest BCUT2D eigenvalue weighted by atomic mass is 15.1. The van der Waals surface area contributed by atoms with Crippen molar-refractivity contribution in [3.05, 3.63) is 59.4 Å². The van der Waals surface area contributed by atoms with E-state index in [2.05, 4.69) is 67.1 Å². The highest BCUT2D eigenvalue weighted by Gasteiger charge is 2.00. The number of hydrogen-bond acceptors (Lipinski definition) is 2. The number of pyridine rings is 1. The second kappa shape index (κ2) is 6.90. The Morgan fingerprint density at radius 1 is 1.00 bits per heavy atom. The summed E-state index contributed by atoms with van der Waals surface area (Å²) in [6.07, 6.45) is 8.01. The molecule has 1 aromatic carbocycles. The quantitative estimate of drug-likeness (QED) is 0.797. The van der Waals surface area contributed by atoms with Gasteiger partial charge in [0.1, 0.15) is 0 Å². The maximum absolute atomic E-state index is 4.11. The van der Waals surface area contributed by atoms with E-state index in [-0.39, 0.29) is 0 Å².